The van der Waals surface area contributed by atoms with Gasteiger partial charge < -0.3 is 20.5 Å². The van der Waals surface area contributed by atoms with Gasteiger partial charge in [-0.2, -0.15) is 0 Å². The average Bonchev–Trinajstić information content (AvgIpc) is 3.17. The Labute approximate surface area is 180 Å². The lowest BCUT2D eigenvalue weighted by Gasteiger charge is -2.11. The summed E-state index contributed by atoms with van der Waals surface area (Å²) in [6.07, 6.45) is 1.53. The SMILES string of the molecule is Cc1ccc(F)c(NC(=O)Nc2cccc(Oc3ccnc4cc(C(=O)O)sc34)c2)c1. The summed E-state index contributed by atoms with van der Waals surface area (Å²) in [5.41, 5.74) is 1.85. The van der Waals surface area contributed by atoms with Crippen LogP contribution in [0.3, 0.4) is 0 Å². The molecule has 0 radical (unpaired) electrons. The number of carbonyl (C=O) groups is 2. The molecule has 2 amide bonds. The number of halogens is 1. The van der Waals surface area contributed by atoms with Gasteiger partial charge in [0.2, 0.25) is 0 Å². The van der Waals surface area contributed by atoms with E-state index in [2.05, 4.69) is 15.6 Å². The number of benzene rings is 2. The van der Waals surface area contributed by atoms with Crippen LogP contribution in [0, 0.1) is 12.7 Å². The molecule has 2 aromatic carbocycles. The van der Waals surface area contributed by atoms with E-state index in [-0.39, 0.29) is 10.6 Å². The number of urea groups is 1. The van der Waals surface area contributed by atoms with E-state index in [1.165, 1.54) is 24.4 Å². The molecule has 0 aliphatic heterocycles. The van der Waals surface area contributed by atoms with Gasteiger partial charge in [0, 0.05) is 24.0 Å². The van der Waals surface area contributed by atoms with E-state index < -0.39 is 17.8 Å². The van der Waals surface area contributed by atoms with Crippen molar-refractivity contribution in [1.82, 2.24) is 4.98 Å². The third-order valence-electron chi connectivity index (χ3n) is 4.28. The number of carboxylic acid groups (broad SMARTS) is 1. The molecule has 2 heterocycles. The van der Waals surface area contributed by atoms with E-state index in [0.717, 1.165) is 16.9 Å². The second kappa shape index (κ2) is 8.41. The molecule has 0 aliphatic rings. The Balaban J connectivity index is 1.51. The molecule has 9 heteroatoms. The number of rotatable bonds is 5. The number of fused-ring (bicyclic) bond motifs is 1. The van der Waals surface area contributed by atoms with Gasteiger partial charge in [-0.25, -0.2) is 14.0 Å². The van der Waals surface area contributed by atoms with Crippen LogP contribution in [0.2, 0.25) is 0 Å². The molecule has 0 saturated carbocycles. The van der Waals surface area contributed by atoms with E-state index in [1.54, 1.807) is 43.3 Å². The standard InChI is InChI=1S/C22H16FN3O4S/c1-12-5-6-15(23)16(9-12)26-22(29)25-13-3-2-4-14(10-13)30-18-7-8-24-17-11-19(21(27)28)31-20(17)18/h2-11H,1H3,(H,27,28)(H2,25,26,29). The average molecular weight is 437 g/mol. The second-order valence-electron chi connectivity index (χ2n) is 6.63. The molecule has 0 unspecified atom stereocenters. The molecular weight excluding hydrogens is 421 g/mol. The van der Waals surface area contributed by atoms with Crippen molar-refractivity contribution in [3.05, 3.63) is 77.1 Å². The van der Waals surface area contributed by atoms with Crippen molar-refractivity contribution in [1.29, 1.82) is 0 Å². The highest BCUT2D eigenvalue weighted by Gasteiger charge is 2.14. The Kier molecular flexibility index (Phi) is 5.50. The Bertz CT molecular complexity index is 1310. The number of hydrogen-bond acceptors (Lipinski definition) is 5. The Morgan fingerprint density at radius 2 is 1.94 bits per heavy atom. The molecule has 156 valence electrons. The molecule has 4 rings (SSSR count). The Morgan fingerprint density at radius 3 is 2.74 bits per heavy atom. The monoisotopic (exact) mass is 437 g/mol. The first-order valence-electron chi connectivity index (χ1n) is 9.13. The van der Waals surface area contributed by atoms with Crippen molar-refractivity contribution in [3.63, 3.8) is 0 Å². The number of ether oxygens (including phenoxy) is 1. The minimum atomic E-state index is -1.03. The summed E-state index contributed by atoms with van der Waals surface area (Å²) in [4.78, 5) is 27.8. The van der Waals surface area contributed by atoms with Crippen LogP contribution in [-0.4, -0.2) is 22.1 Å². The van der Waals surface area contributed by atoms with Crippen LogP contribution in [-0.2, 0) is 0 Å². The second-order valence-corrected chi connectivity index (χ2v) is 7.68. The molecule has 4 aromatic rings. The molecule has 0 bridgehead atoms. The molecule has 3 N–H and O–H groups in total. The maximum atomic E-state index is 13.9. The number of carbonyl (C=O) groups excluding carboxylic acids is 1. The van der Waals surface area contributed by atoms with Gasteiger partial charge in [-0.15, -0.1) is 11.3 Å². The van der Waals surface area contributed by atoms with Crippen LogP contribution in [0.25, 0.3) is 10.2 Å². The number of pyridine rings is 1. The number of thiophene rings is 1. The zero-order valence-electron chi connectivity index (χ0n) is 16.2. The Morgan fingerprint density at radius 1 is 1.10 bits per heavy atom. The van der Waals surface area contributed by atoms with Crippen LogP contribution < -0.4 is 15.4 Å². The van der Waals surface area contributed by atoms with E-state index in [9.17, 15) is 19.1 Å². The highest BCUT2D eigenvalue weighted by molar-refractivity contribution is 7.21. The largest absolute Gasteiger partial charge is 0.477 e. The quantitative estimate of drug-likeness (QED) is 0.362. The van der Waals surface area contributed by atoms with Crippen LogP contribution in [0.5, 0.6) is 11.5 Å². The maximum absolute atomic E-state index is 13.9. The third-order valence-corrected chi connectivity index (χ3v) is 5.40. The minimum Gasteiger partial charge on any atom is -0.477 e. The van der Waals surface area contributed by atoms with Gasteiger partial charge in [0.25, 0.3) is 0 Å². The first kappa shape index (κ1) is 20.3. The number of nitrogens with zero attached hydrogens (tertiary/aromatic N) is 1. The summed E-state index contributed by atoms with van der Waals surface area (Å²) in [5.74, 6) is -0.685. The van der Waals surface area contributed by atoms with Gasteiger partial charge in [0.1, 0.15) is 22.2 Å². The number of aromatic carboxylic acids is 1. The zero-order chi connectivity index (χ0) is 22.0. The predicted molar refractivity (Wildman–Crippen MR) is 117 cm³/mol. The minimum absolute atomic E-state index is 0.0796. The summed E-state index contributed by atoms with van der Waals surface area (Å²) in [6, 6.07) is 13.6. The molecule has 0 saturated heterocycles. The van der Waals surface area contributed by atoms with E-state index in [4.69, 9.17) is 4.74 Å². The van der Waals surface area contributed by atoms with E-state index in [0.29, 0.717) is 27.4 Å². The summed E-state index contributed by atoms with van der Waals surface area (Å²) in [5, 5.41) is 14.3. The maximum Gasteiger partial charge on any atom is 0.345 e. The Hall–Kier alpha value is -3.98. The van der Waals surface area contributed by atoms with Crippen molar-refractivity contribution < 1.29 is 23.8 Å². The van der Waals surface area contributed by atoms with E-state index in [1.807, 2.05) is 0 Å². The number of nitrogens with one attached hydrogen (secondary N) is 2. The fourth-order valence-electron chi connectivity index (χ4n) is 2.88. The number of anilines is 2. The molecule has 31 heavy (non-hydrogen) atoms. The lowest BCUT2D eigenvalue weighted by molar-refractivity contribution is 0.0702. The molecule has 0 atom stereocenters. The fraction of sp³-hybridized carbons (Fsp3) is 0.0455. The smallest absolute Gasteiger partial charge is 0.345 e. The van der Waals surface area contributed by atoms with Crippen molar-refractivity contribution in [2.24, 2.45) is 0 Å². The van der Waals surface area contributed by atoms with Gasteiger partial charge in [-0.05, 0) is 42.8 Å². The summed E-state index contributed by atoms with van der Waals surface area (Å²) >= 11 is 1.07. The topological polar surface area (TPSA) is 101 Å². The molecule has 0 fully saturated rings. The number of aryl methyl sites for hydroxylation is 1. The van der Waals surface area contributed by atoms with Crippen molar-refractivity contribution in [3.8, 4) is 11.5 Å². The number of aromatic nitrogens is 1. The molecule has 7 nitrogen and oxygen atoms in total. The molecular formula is C22H16FN3O4S. The van der Waals surface area contributed by atoms with Crippen LogP contribution in [0.1, 0.15) is 15.2 Å². The zero-order valence-corrected chi connectivity index (χ0v) is 17.0. The van der Waals surface area contributed by atoms with Crippen LogP contribution in [0.4, 0.5) is 20.6 Å². The van der Waals surface area contributed by atoms with Crippen LogP contribution >= 0.6 is 11.3 Å². The van der Waals surface area contributed by atoms with Gasteiger partial charge in [-0.3, -0.25) is 4.98 Å². The number of carboxylic acids is 1. The summed E-state index contributed by atoms with van der Waals surface area (Å²) in [6.45, 7) is 1.80. The number of amides is 2. The van der Waals surface area contributed by atoms with Crippen molar-refractivity contribution in [2.75, 3.05) is 10.6 Å². The van der Waals surface area contributed by atoms with Gasteiger partial charge >= 0.3 is 12.0 Å². The van der Waals surface area contributed by atoms with Crippen molar-refractivity contribution in [2.45, 2.75) is 6.92 Å². The van der Waals surface area contributed by atoms with Crippen LogP contribution in [0.15, 0.2) is 60.8 Å². The summed E-state index contributed by atoms with van der Waals surface area (Å²) in [7, 11) is 0. The van der Waals surface area contributed by atoms with Gasteiger partial charge in [0.05, 0.1) is 15.9 Å². The molecule has 0 spiro atoms. The van der Waals surface area contributed by atoms with Crippen molar-refractivity contribution >= 4 is 44.9 Å². The predicted octanol–water partition coefficient (Wildman–Crippen LogP) is 5.88. The summed E-state index contributed by atoms with van der Waals surface area (Å²) < 4.78 is 20.4. The first-order valence-corrected chi connectivity index (χ1v) is 9.94. The first-order chi connectivity index (χ1) is 14.9. The molecule has 2 aromatic heterocycles. The third kappa shape index (κ3) is 4.62. The lowest BCUT2D eigenvalue weighted by atomic mass is 10.2. The highest BCUT2D eigenvalue weighted by atomic mass is 32.1. The van der Waals surface area contributed by atoms with E-state index >= 15 is 0 Å². The molecule has 0 aliphatic carbocycles. The lowest BCUT2D eigenvalue weighted by Crippen LogP contribution is -2.20. The van der Waals surface area contributed by atoms with Gasteiger partial charge in [-0.1, -0.05) is 12.1 Å². The normalized spacial score (nSPS) is 10.6. The number of hydrogen-bond donors (Lipinski definition) is 3. The fourth-order valence-corrected chi connectivity index (χ4v) is 3.79. The van der Waals surface area contributed by atoms with Gasteiger partial charge in [0.15, 0.2) is 0 Å². The highest BCUT2D eigenvalue weighted by Crippen LogP contribution is 2.35.